The van der Waals surface area contributed by atoms with Crippen LogP contribution in [0.15, 0.2) is 78.4 Å². The molecule has 4 rings (SSSR count). The summed E-state index contributed by atoms with van der Waals surface area (Å²) in [5, 5.41) is 11.2. The predicted octanol–water partition coefficient (Wildman–Crippen LogP) is 4.73. The summed E-state index contributed by atoms with van der Waals surface area (Å²) >= 11 is 0. The number of methoxy groups -OCH3 is 2. The van der Waals surface area contributed by atoms with Crippen LogP contribution in [0.1, 0.15) is 24.1 Å². The number of carbonyl (C=O) groups excluding carboxylic acids is 2. The highest BCUT2D eigenvalue weighted by atomic mass is 16.5. The molecule has 0 saturated carbocycles. The normalized spacial score (nSPS) is 17.0. The number of hydrogen-bond donors (Lipinski definition) is 1. The fourth-order valence-corrected chi connectivity index (χ4v) is 4.11. The number of ketones is 1. The van der Waals surface area contributed by atoms with E-state index in [-0.39, 0.29) is 11.3 Å². The molecule has 7 heteroatoms. The van der Waals surface area contributed by atoms with E-state index in [0.29, 0.717) is 40.7 Å². The molecule has 1 fully saturated rings. The molecule has 1 aliphatic heterocycles. The van der Waals surface area contributed by atoms with Crippen molar-refractivity contribution in [2.75, 3.05) is 25.7 Å². The van der Waals surface area contributed by atoms with Crippen molar-refractivity contribution in [3.8, 4) is 17.2 Å². The summed E-state index contributed by atoms with van der Waals surface area (Å²) in [4.78, 5) is 28.0. The minimum Gasteiger partial charge on any atom is -0.507 e. The summed E-state index contributed by atoms with van der Waals surface area (Å²) in [6.45, 7) is 2.25. The molecule has 7 nitrogen and oxygen atoms in total. The molecule has 0 aromatic heterocycles. The van der Waals surface area contributed by atoms with E-state index in [9.17, 15) is 14.7 Å². The lowest BCUT2D eigenvalue weighted by Crippen LogP contribution is -2.29. The monoisotopic (exact) mass is 459 g/mol. The largest absolute Gasteiger partial charge is 0.507 e. The highest BCUT2D eigenvalue weighted by molar-refractivity contribution is 6.51. The molecule has 0 bridgehead atoms. The van der Waals surface area contributed by atoms with E-state index in [2.05, 4.69) is 0 Å². The first-order chi connectivity index (χ1) is 16.5. The Bertz CT molecular complexity index is 1250. The van der Waals surface area contributed by atoms with Crippen molar-refractivity contribution in [3.63, 3.8) is 0 Å². The number of aliphatic hydroxyl groups excluding tert-OH is 1. The number of benzene rings is 3. The third-order valence-electron chi connectivity index (χ3n) is 5.64. The van der Waals surface area contributed by atoms with Gasteiger partial charge < -0.3 is 19.3 Å². The number of nitrogens with zero attached hydrogens (tertiary/aromatic N) is 1. The maximum atomic E-state index is 13.4. The van der Waals surface area contributed by atoms with Crippen LogP contribution in [0.4, 0.5) is 5.69 Å². The van der Waals surface area contributed by atoms with Gasteiger partial charge in [-0.05, 0) is 36.8 Å². The van der Waals surface area contributed by atoms with Crippen molar-refractivity contribution in [1.29, 1.82) is 0 Å². The average molecular weight is 459 g/mol. The number of anilines is 1. The molecule has 174 valence electrons. The van der Waals surface area contributed by atoms with E-state index in [1.165, 1.54) is 19.1 Å². The van der Waals surface area contributed by atoms with Gasteiger partial charge in [-0.3, -0.25) is 14.5 Å². The third-order valence-corrected chi connectivity index (χ3v) is 5.64. The summed E-state index contributed by atoms with van der Waals surface area (Å²) in [6, 6.07) is 19.9. The predicted molar refractivity (Wildman–Crippen MR) is 128 cm³/mol. The second kappa shape index (κ2) is 9.70. The third kappa shape index (κ3) is 3.96. The smallest absolute Gasteiger partial charge is 0.300 e. The average Bonchev–Trinajstić information content (AvgIpc) is 3.14. The van der Waals surface area contributed by atoms with E-state index in [1.807, 2.05) is 6.92 Å². The lowest BCUT2D eigenvalue weighted by Gasteiger charge is -2.27. The van der Waals surface area contributed by atoms with Crippen LogP contribution in [-0.2, 0) is 9.59 Å². The molecule has 1 amide bonds. The van der Waals surface area contributed by atoms with Crippen LogP contribution >= 0.6 is 0 Å². The lowest BCUT2D eigenvalue weighted by molar-refractivity contribution is -0.132. The quantitative estimate of drug-likeness (QED) is 0.312. The minimum atomic E-state index is -0.915. The summed E-state index contributed by atoms with van der Waals surface area (Å²) < 4.78 is 16.6. The Balaban J connectivity index is 1.99. The van der Waals surface area contributed by atoms with Crippen LogP contribution < -0.4 is 19.1 Å². The second-order valence-corrected chi connectivity index (χ2v) is 7.55. The molecule has 0 radical (unpaired) electrons. The first-order valence-electron chi connectivity index (χ1n) is 10.8. The van der Waals surface area contributed by atoms with Crippen LogP contribution in [0, 0.1) is 0 Å². The van der Waals surface area contributed by atoms with Crippen LogP contribution in [0.25, 0.3) is 5.76 Å². The lowest BCUT2D eigenvalue weighted by atomic mass is 9.94. The number of rotatable bonds is 7. The Kier molecular flexibility index (Phi) is 6.54. The van der Waals surface area contributed by atoms with E-state index in [1.54, 1.807) is 72.8 Å². The summed E-state index contributed by atoms with van der Waals surface area (Å²) in [5.41, 5.74) is 1.41. The Morgan fingerprint density at radius 2 is 1.56 bits per heavy atom. The first kappa shape index (κ1) is 22.9. The number of carbonyl (C=O) groups is 2. The maximum Gasteiger partial charge on any atom is 0.300 e. The van der Waals surface area contributed by atoms with Gasteiger partial charge in [0.1, 0.15) is 11.5 Å². The fourth-order valence-electron chi connectivity index (χ4n) is 4.11. The Hall–Kier alpha value is -4.26. The molecule has 3 aromatic carbocycles. The van der Waals surface area contributed by atoms with E-state index in [4.69, 9.17) is 14.2 Å². The van der Waals surface area contributed by atoms with Gasteiger partial charge in [0.15, 0.2) is 11.5 Å². The number of para-hydroxylation sites is 2. The SMILES string of the molecule is CCOc1cc(C2/C(=C(/O)c3ccccc3)C(=O)C(=O)N2c2ccccc2OC)ccc1OC. The highest BCUT2D eigenvalue weighted by Crippen LogP contribution is 2.46. The summed E-state index contributed by atoms with van der Waals surface area (Å²) in [5.74, 6) is -0.398. The van der Waals surface area contributed by atoms with Gasteiger partial charge in [-0.2, -0.15) is 0 Å². The molecule has 3 aromatic rings. The maximum absolute atomic E-state index is 13.4. The number of aliphatic hydroxyl groups is 1. The molecule has 1 aliphatic rings. The fraction of sp³-hybridized carbons (Fsp3) is 0.185. The van der Waals surface area contributed by atoms with Crippen molar-refractivity contribution in [2.45, 2.75) is 13.0 Å². The highest BCUT2D eigenvalue weighted by Gasteiger charge is 2.48. The van der Waals surface area contributed by atoms with Gasteiger partial charge in [-0.1, -0.05) is 48.5 Å². The van der Waals surface area contributed by atoms with Gasteiger partial charge in [-0.15, -0.1) is 0 Å². The van der Waals surface area contributed by atoms with Gasteiger partial charge in [0.2, 0.25) is 0 Å². The van der Waals surface area contributed by atoms with Gasteiger partial charge in [0.25, 0.3) is 11.7 Å². The van der Waals surface area contributed by atoms with Gasteiger partial charge in [0.05, 0.1) is 38.1 Å². The zero-order valence-electron chi connectivity index (χ0n) is 19.1. The van der Waals surface area contributed by atoms with E-state index >= 15 is 0 Å². The Labute approximate surface area is 197 Å². The summed E-state index contributed by atoms with van der Waals surface area (Å²) in [7, 11) is 3.03. The van der Waals surface area contributed by atoms with Crippen molar-refractivity contribution in [2.24, 2.45) is 0 Å². The van der Waals surface area contributed by atoms with Crippen LogP contribution in [0.2, 0.25) is 0 Å². The minimum absolute atomic E-state index is 0.0188. The molecule has 1 atom stereocenters. The number of hydrogen-bond acceptors (Lipinski definition) is 6. The topological polar surface area (TPSA) is 85.3 Å². The number of ether oxygens (including phenoxy) is 3. The van der Waals surface area contributed by atoms with Crippen molar-refractivity contribution in [1.82, 2.24) is 0 Å². The number of amides is 1. The molecule has 1 heterocycles. The van der Waals surface area contributed by atoms with Gasteiger partial charge in [-0.25, -0.2) is 0 Å². The molecule has 0 aliphatic carbocycles. The van der Waals surface area contributed by atoms with Gasteiger partial charge in [0, 0.05) is 5.56 Å². The van der Waals surface area contributed by atoms with E-state index < -0.39 is 17.7 Å². The van der Waals surface area contributed by atoms with Gasteiger partial charge >= 0.3 is 0 Å². The zero-order chi connectivity index (χ0) is 24.2. The Morgan fingerprint density at radius 3 is 2.24 bits per heavy atom. The van der Waals surface area contributed by atoms with Crippen molar-refractivity contribution < 1.29 is 28.9 Å². The molecular weight excluding hydrogens is 434 g/mol. The molecule has 0 spiro atoms. The summed E-state index contributed by atoms with van der Waals surface area (Å²) in [6.07, 6.45) is 0. The second-order valence-electron chi connectivity index (χ2n) is 7.55. The van der Waals surface area contributed by atoms with Crippen LogP contribution in [0.3, 0.4) is 0 Å². The van der Waals surface area contributed by atoms with Crippen LogP contribution in [-0.4, -0.2) is 37.6 Å². The molecule has 1 unspecified atom stereocenters. The van der Waals surface area contributed by atoms with E-state index in [0.717, 1.165) is 0 Å². The first-order valence-corrected chi connectivity index (χ1v) is 10.8. The zero-order valence-corrected chi connectivity index (χ0v) is 19.1. The molecular formula is C27H25NO6. The Morgan fingerprint density at radius 1 is 0.882 bits per heavy atom. The van der Waals surface area contributed by atoms with Crippen molar-refractivity contribution in [3.05, 3.63) is 89.5 Å². The molecule has 34 heavy (non-hydrogen) atoms. The standard InChI is InChI=1S/C27H25NO6/c1-4-34-22-16-18(14-15-21(22)33-3)24-23(25(29)17-10-6-5-7-11-17)26(30)27(31)28(24)19-12-8-9-13-20(19)32-2/h5-16,24,29H,4H2,1-3H3/b25-23-. The number of Topliss-reactive ketones (excluding diaryl/α,β-unsaturated/α-hetero) is 1. The molecule has 1 saturated heterocycles. The van der Waals surface area contributed by atoms with Crippen molar-refractivity contribution >= 4 is 23.1 Å². The van der Waals surface area contributed by atoms with Crippen LogP contribution in [0.5, 0.6) is 17.2 Å². The molecule has 1 N–H and O–H groups in total.